The summed E-state index contributed by atoms with van der Waals surface area (Å²) in [5.41, 5.74) is 2.52. The van der Waals surface area contributed by atoms with Gasteiger partial charge in [-0.1, -0.05) is 36.0 Å². The van der Waals surface area contributed by atoms with Crippen molar-refractivity contribution < 1.29 is 14.5 Å². The zero-order chi connectivity index (χ0) is 24.0. The molecule has 0 radical (unpaired) electrons. The van der Waals surface area contributed by atoms with Gasteiger partial charge < -0.3 is 15.2 Å². The highest BCUT2D eigenvalue weighted by Gasteiger charge is 2.17. The van der Waals surface area contributed by atoms with E-state index in [1.54, 1.807) is 23.6 Å². The zero-order valence-corrected chi connectivity index (χ0v) is 19.3. The van der Waals surface area contributed by atoms with Crippen LogP contribution in [0.3, 0.4) is 0 Å². The number of amides is 2. The van der Waals surface area contributed by atoms with Crippen LogP contribution in [-0.2, 0) is 22.6 Å². The minimum atomic E-state index is -0.486. The van der Waals surface area contributed by atoms with E-state index < -0.39 is 4.92 Å². The van der Waals surface area contributed by atoms with E-state index in [9.17, 15) is 19.7 Å². The van der Waals surface area contributed by atoms with E-state index in [1.807, 2.05) is 38.1 Å². The normalized spacial score (nSPS) is 10.6. The summed E-state index contributed by atoms with van der Waals surface area (Å²) < 4.78 is 1.78. The first-order valence-electron chi connectivity index (χ1n) is 10.2. The average Bonchev–Trinajstić information content (AvgIpc) is 3.16. The van der Waals surface area contributed by atoms with Gasteiger partial charge in [-0.3, -0.25) is 19.7 Å². The molecule has 0 aliphatic rings. The topological polar surface area (TPSA) is 132 Å². The zero-order valence-electron chi connectivity index (χ0n) is 18.5. The van der Waals surface area contributed by atoms with Crippen LogP contribution in [0.25, 0.3) is 0 Å². The number of rotatable bonds is 9. The van der Waals surface area contributed by atoms with Crippen molar-refractivity contribution in [3.8, 4) is 0 Å². The van der Waals surface area contributed by atoms with Gasteiger partial charge in [0.05, 0.1) is 17.1 Å². The molecule has 0 saturated heterocycles. The molecule has 3 aromatic rings. The summed E-state index contributed by atoms with van der Waals surface area (Å²) in [4.78, 5) is 35.4. The summed E-state index contributed by atoms with van der Waals surface area (Å²) >= 11 is 1.18. The average molecular weight is 469 g/mol. The summed E-state index contributed by atoms with van der Waals surface area (Å²) in [5.74, 6) is -0.000155. The fourth-order valence-electron chi connectivity index (χ4n) is 3.14. The van der Waals surface area contributed by atoms with Crippen molar-refractivity contribution >= 4 is 40.6 Å². The highest BCUT2D eigenvalue weighted by Crippen LogP contribution is 2.23. The van der Waals surface area contributed by atoms with Crippen molar-refractivity contribution in [1.82, 2.24) is 14.8 Å². The fraction of sp³-hybridized carbons (Fsp3) is 0.273. The van der Waals surface area contributed by atoms with E-state index >= 15 is 0 Å². The molecule has 0 aliphatic carbocycles. The van der Waals surface area contributed by atoms with Gasteiger partial charge in [0, 0.05) is 29.5 Å². The Balaban J connectivity index is 1.60. The van der Waals surface area contributed by atoms with Crippen molar-refractivity contribution in [2.75, 3.05) is 16.4 Å². The third kappa shape index (κ3) is 6.16. The van der Waals surface area contributed by atoms with Crippen LogP contribution in [0.15, 0.2) is 47.6 Å². The Bertz CT molecular complexity index is 1190. The number of benzene rings is 2. The van der Waals surface area contributed by atoms with Gasteiger partial charge in [-0.15, -0.1) is 10.2 Å². The van der Waals surface area contributed by atoms with Gasteiger partial charge in [0.1, 0.15) is 5.82 Å². The molecule has 2 N–H and O–H groups in total. The lowest BCUT2D eigenvalue weighted by atomic mass is 10.2. The maximum atomic E-state index is 12.5. The summed E-state index contributed by atoms with van der Waals surface area (Å²) in [5, 5.41) is 25.4. The third-order valence-corrected chi connectivity index (χ3v) is 5.84. The van der Waals surface area contributed by atoms with Gasteiger partial charge in [-0.05, 0) is 38.5 Å². The molecule has 33 heavy (non-hydrogen) atoms. The Labute approximate surface area is 194 Å². The molecule has 0 saturated carbocycles. The van der Waals surface area contributed by atoms with Gasteiger partial charge in [-0.2, -0.15) is 0 Å². The lowest BCUT2D eigenvalue weighted by Gasteiger charge is -2.10. The Kier molecular flexibility index (Phi) is 7.78. The van der Waals surface area contributed by atoms with Gasteiger partial charge >= 0.3 is 0 Å². The number of carbonyl (C=O) groups excluding carboxylic acids is 2. The van der Waals surface area contributed by atoms with Gasteiger partial charge in [0.2, 0.25) is 11.8 Å². The lowest BCUT2D eigenvalue weighted by Crippen LogP contribution is -2.18. The Morgan fingerprint density at radius 2 is 1.82 bits per heavy atom. The molecule has 10 nitrogen and oxygen atoms in total. The Hall–Kier alpha value is -3.73. The first kappa shape index (κ1) is 23.9. The van der Waals surface area contributed by atoms with E-state index in [2.05, 4.69) is 20.8 Å². The number of nitrogens with zero attached hydrogens (tertiary/aromatic N) is 4. The fourth-order valence-corrected chi connectivity index (χ4v) is 3.96. The van der Waals surface area contributed by atoms with E-state index in [0.29, 0.717) is 28.8 Å². The number of aromatic nitrogens is 3. The first-order valence-corrected chi connectivity index (χ1v) is 11.2. The minimum Gasteiger partial charge on any atom is -0.325 e. The smallest absolute Gasteiger partial charge is 0.274 e. The molecule has 1 aromatic heterocycles. The number of hydrogen-bond donors (Lipinski definition) is 2. The number of anilines is 2. The quantitative estimate of drug-likeness (QED) is 0.278. The summed E-state index contributed by atoms with van der Waals surface area (Å²) in [6.45, 7) is 5.99. The number of para-hydroxylation sites is 1. The summed E-state index contributed by atoms with van der Waals surface area (Å²) in [7, 11) is 0. The molecule has 11 heteroatoms. The van der Waals surface area contributed by atoms with Crippen LogP contribution in [0.2, 0.25) is 0 Å². The van der Waals surface area contributed by atoms with Crippen LogP contribution < -0.4 is 10.6 Å². The predicted molar refractivity (Wildman–Crippen MR) is 126 cm³/mol. The van der Waals surface area contributed by atoms with Crippen LogP contribution in [-0.4, -0.2) is 37.3 Å². The molecule has 1 heterocycles. The van der Waals surface area contributed by atoms with Crippen molar-refractivity contribution in [2.24, 2.45) is 0 Å². The first-order chi connectivity index (χ1) is 15.8. The molecule has 0 aliphatic heterocycles. The van der Waals surface area contributed by atoms with Gasteiger partial charge in [0.25, 0.3) is 5.69 Å². The number of thioether (sulfide) groups is 1. The highest BCUT2D eigenvalue weighted by atomic mass is 32.2. The molecule has 172 valence electrons. The number of nitro benzene ring substituents is 1. The molecule has 3 rings (SSSR count). The predicted octanol–water partition coefficient (Wildman–Crippen LogP) is 3.74. The van der Waals surface area contributed by atoms with Crippen molar-refractivity contribution in [2.45, 2.75) is 38.9 Å². The molecule has 2 aromatic carbocycles. The molecule has 0 bridgehead atoms. The van der Waals surface area contributed by atoms with Gasteiger partial charge in [-0.25, -0.2) is 0 Å². The van der Waals surface area contributed by atoms with Gasteiger partial charge in [0.15, 0.2) is 5.16 Å². The molecule has 0 spiro atoms. The van der Waals surface area contributed by atoms with Crippen LogP contribution in [0, 0.1) is 24.0 Å². The van der Waals surface area contributed by atoms with Crippen LogP contribution in [0.5, 0.6) is 0 Å². The molecule has 0 atom stereocenters. The molecular weight excluding hydrogens is 444 g/mol. The molecule has 0 unspecified atom stereocenters. The number of nitrogens with one attached hydrogen (secondary N) is 2. The van der Waals surface area contributed by atoms with E-state index in [4.69, 9.17) is 0 Å². The lowest BCUT2D eigenvalue weighted by molar-refractivity contribution is -0.385. The van der Waals surface area contributed by atoms with Crippen LogP contribution in [0.4, 0.5) is 17.1 Å². The van der Waals surface area contributed by atoms with Crippen molar-refractivity contribution in [3.05, 3.63) is 69.5 Å². The molecule has 0 fully saturated rings. The maximum Gasteiger partial charge on any atom is 0.274 e. The largest absolute Gasteiger partial charge is 0.325 e. The monoisotopic (exact) mass is 468 g/mol. The Morgan fingerprint density at radius 1 is 1.06 bits per heavy atom. The van der Waals surface area contributed by atoms with E-state index in [-0.39, 0.29) is 29.7 Å². The standard InChI is InChI=1S/C22H24N6O4S/c1-4-27-19(12-20(29)24-17-8-6-5-7-14(17)2)25-26-22(27)33-13-21(30)23-16-10-9-15(3)18(11-16)28(31)32/h5-11H,4,12-13H2,1-3H3,(H,23,30)(H,24,29). The number of carbonyl (C=O) groups is 2. The number of nitro groups is 1. The Morgan fingerprint density at radius 3 is 2.52 bits per heavy atom. The molecular formula is C22H24N6O4S. The van der Waals surface area contributed by atoms with E-state index in [0.717, 1.165) is 11.3 Å². The summed E-state index contributed by atoms with van der Waals surface area (Å²) in [6.07, 6.45) is 0.0506. The third-order valence-electron chi connectivity index (χ3n) is 4.87. The van der Waals surface area contributed by atoms with Crippen LogP contribution >= 0.6 is 11.8 Å². The van der Waals surface area contributed by atoms with Crippen LogP contribution in [0.1, 0.15) is 23.9 Å². The number of hydrogen-bond acceptors (Lipinski definition) is 7. The second kappa shape index (κ2) is 10.7. The van der Waals surface area contributed by atoms with E-state index in [1.165, 1.54) is 17.8 Å². The second-order valence-corrected chi connectivity index (χ2v) is 8.22. The minimum absolute atomic E-state index is 0.0369. The van der Waals surface area contributed by atoms with Crippen molar-refractivity contribution in [3.63, 3.8) is 0 Å². The number of aryl methyl sites for hydroxylation is 2. The molecule has 2 amide bonds. The van der Waals surface area contributed by atoms with Crippen molar-refractivity contribution in [1.29, 1.82) is 0 Å². The maximum absolute atomic E-state index is 12.5. The second-order valence-electron chi connectivity index (χ2n) is 7.28. The summed E-state index contributed by atoms with van der Waals surface area (Å²) in [6, 6.07) is 12.0. The SMILES string of the molecule is CCn1c(CC(=O)Nc2ccccc2C)nnc1SCC(=O)Nc1ccc(C)c([N+](=O)[O-])c1. The highest BCUT2D eigenvalue weighted by molar-refractivity contribution is 7.99.